The molecule has 0 radical (unpaired) electrons. The van der Waals surface area contributed by atoms with Gasteiger partial charge in [-0.3, -0.25) is 4.79 Å². The van der Waals surface area contributed by atoms with Gasteiger partial charge in [-0.15, -0.1) is 0 Å². The van der Waals surface area contributed by atoms with Crippen molar-refractivity contribution in [3.63, 3.8) is 0 Å². The van der Waals surface area contributed by atoms with Gasteiger partial charge in [-0.25, -0.2) is 22.8 Å². The molecule has 2 aromatic heterocycles. The zero-order chi connectivity index (χ0) is 26.8. The number of nitrogens with zero attached hydrogens (tertiary/aromatic N) is 3. The molecule has 1 aliphatic rings. The van der Waals surface area contributed by atoms with Crippen LogP contribution in [0, 0.1) is 0 Å². The number of sulfonamides is 1. The van der Waals surface area contributed by atoms with Gasteiger partial charge in [-0.05, 0) is 60.9 Å². The van der Waals surface area contributed by atoms with E-state index in [0.29, 0.717) is 38.2 Å². The highest BCUT2D eigenvalue weighted by Gasteiger charge is 2.36. The summed E-state index contributed by atoms with van der Waals surface area (Å²) in [7, 11) is -1.30. The molecule has 1 aliphatic heterocycles. The predicted octanol–water partition coefficient (Wildman–Crippen LogP) is 3.24. The standard InChI is InChI=1S/C27H28N4O6S/c1-35-18-27(11-15-37-16-12-27)19-7-10-24(36-2)25(17-19)38(33,34)30-26(32)22-9-8-20-21(29-22)5-3-6-23(20)31-14-4-13-28-31/h3-10,13-14,17H,11-12,15-16,18H2,1-2H3,(H,30,32). The highest BCUT2D eigenvalue weighted by Crippen LogP contribution is 2.38. The van der Waals surface area contributed by atoms with E-state index in [0.717, 1.165) is 16.6 Å². The summed E-state index contributed by atoms with van der Waals surface area (Å²) >= 11 is 0. The number of hydrogen-bond donors (Lipinski definition) is 1. The van der Waals surface area contributed by atoms with Crippen LogP contribution >= 0.6 is 0 Å². The van der Waals surface area contributed by atoms with Crippen molar-refractivity contribution >= 4 is 26.8 Å². The Labute approximate surface area is 220 Å². The number of benzene rings is 2. The van der Waals surface area contributed by atoms with Gasteiger partial charge < -0.3 is 14.2 Å². The maximum atomic E-state index is 13.5. The van der Waals surface area contributed by atoms with Gasteiger partial charge in [-0.2, -0.15) is 5.10 Å². The highest BCUT2D eigenvalue weighted by molar-refractivity contribution is 7.90. The Morgan fingerprint density at radius 3 is 2.63 bits per heavy atom. The van der Waals surface area contributed by atoms with E-state index in [1.807, 2.05) is 12.1 Å². The number of pyridine rings is 1. The van der Waals surface area contributed by atoms with Gasteiger partial charge in [-0.1, -0.05) is 12.1 Å². The number of fused-ring (bicyclic) bond motifs is 1. The Hall–Kier alpha value is -3.80. The minimum atomic E-state index is -4.30. The van der Waals surface area contributed by atoms with Gasteiger partial charge in [0.25, 0.3) is 15.9 Å². The molecule has 38 heavy (non-hydrogen) atoms. The molecule has 0 saturated carbocycles. The monoisotopic (exact) mass is 536 g/mol. The molecule has 1 saturated heterocycles. The van der Waals surface area contributed by atoms with Crippen molar-refractivity contribution in [3.05, 3.63) is 78.2 Å². The van der Waals surface area contributed by atoms with Gasteiger partial charge in [0.15, 0.2) is 0 Å². The van der Waals surface area contributed by atoms with Crippen molar-refractivity contribution < 1.29 is 27.4 Å². The van der Waals surface area contributed by atoms with Crippen molar-refractivity contribution in [2.45, 2.75) is 23.2 Å². The van der Waals surface area contributed by atoms with Gasteiger partial charge in [0, 0.05) is 43.5 Å². The van der Waals surface area contributed by atoms with Crippen LogP contribution in [0.4, 0.5) is 0 Å². The minimum absolute atomic E-state index is 0.0332. The molecular formula is C27H28N4O6S. The molecule has 0 unspecified atom stereocenters. The summed E-state index contributed by atoms with van der Waals surface area (Å²) in [6.07, 6.45) is 4.84. The van der Waals surface area contributed by atoms with Crippen molar-refractivity contribution in [1.29, 1.82) is 0 Å². The SMILES string of the molecule is COCC1(c2ccc(OC)c(S(=O)(=O)NC(=O)c3ccc4c(-n5cccn5)cccc4n3)c2)CCOCC1. The summed E-state index contributed by atoms with van der Waals surface area (Å²) < 4.78 is 47.1. The van der Waals surface area contributed by atoms with Crippen LogP contribution in [0.5, 0.6) is 5.75 Å². The number of ether oxygens (including phenoxy) is 3. The molecule has 198 valence electrons. The molecule has 11 heteroatoms. The molecule has 1 fully saturated rings. The molecule has 0 aliphatic carbocycles. The molecule has 4 aromatic rings. The molecular weight excluding hydrogens is 508 g/mol. The van der Waals surface area contributed by atoms with Crippen LogP contribution in [0.25, 0.3) is 16.6 Å². The second kappa shape index (κ2) is 10.5. The smallest absolute Gasteiger partial charge is 0.283 e. The van der Waals surface area contributed by atoms with E-state index >= 15 is 0 Å². The lowest BCUT2D eigenvalue weighted by Gasteiger charge is -2.37. The number of carbonyl (C=O) groups is 1. The Bertz CT molecular complexity index is 1560. The summed E-state index contributed by atoms with van der Waals surface area (Å²) in [6.45, 7) is 1.50. The lowest BCUT2D eigenvalue weighted by atomic mass is 9.75. The van der Waals surface area contributed by atoms with Crippen LogP contribution in [0.15, 0.2) is 71.9 Å². The maximum Gasteiger partial charge on any atom is 0.283 e. The second-order valence-electron chi connectivity index (χ2n) is 9.12. The van der Waals surface area contributed by atoms with Gasteiger partial charge in [0.05, 0.1) is 24.9 Å². The number of rotatable bonds is 8. The Morgan fingerprint density at radius 1 is 1.11 bits per heavy atom. The average molecular weight is 537 g/mol. The Balaban J connectivity index is 1.47. The zero-order valence-electron chi connectivity index (χ0n) is 21.1. The summed E-state index contributed by atoms with van der Waals surface area (Å²) in [4.78, 5) is 17.4. The molecule has 2 aromatic carbocycles. The quantitative estimate of drug-likeness (QED) is 0.364. The van der Waals surface area contributed by atoms with E-state index in [1.54, 1.807) is 60.6 Å². The summed E-state index contributed by atoms with van der Waals surface area (Å²) in [5.74, 6) is -0.717. The van der Waals surface area contributed by atoms with Crippen LogP contribution in [-0.2, 0) is 24.9 Å². The fourth-order valence-electron chi connectivity index (χ4n) is 4.88. The molecule has 1 N–H and O–H groups in total. The maximum absolute atomic E-state index is 13.5. The van der Waals surface area contributed by atoms with Crippen LogP contribution in [0.3, 0.4) is 0 Å². The molecule has 0 atom stereocenters. The van der Waals surface area contributed by atoms with E-state index in [4.69, 9.17) is 14.2 Å². The lowest BCUT2D eigenvalue weighted by Crippen LogP contribution is -2.38. The molecule has 5 rings (SSSR count). The third-order valence-electron chi connectivity index (χ3n) is 6.86. The minimum Gasteiger partial charge on any atom is -0.495 e. The molecule has 0 spiro atoms. The van der Waals surface area contributed by atoms with Crippen molar-refractivity contribution in [1.82, 2.24) is 19.5 Å². The van der Waals surface area contributed by atoms with E-state index in [9.17, 15) is 13.2 Å². The molecule has 3 heterocycles. The van der Waals surface area contributed by atoms with Crippen molar-refractivity contribution in [3.8, 4) is 11.4 Å². The molecule has 10 nitrogen and oxygen atoms in total. The first-order valence-electron chi connectivity index (χ1n) is 12.1. The Kier molecular flexibility index (Phi) is 7.15. The van der Waals surface area contributed by atoms with Gasteiger partial charge in [0.1, 0.15) is 16.3 Å². The van der Waals surface area contributed by atoms with Crippen molar-refractivity contribution in [2.24, 2.45) is 0 Å². The Morgan fingerprint density at radius 2 is 1.92 bits per heavy atom. The number of hydrogen-bond acceptors (Lipinski definition) is 8. The van der Waals surface area contributed by atoms with Gasteiger partial charge in [0.2, 0.25) is 0 Å². The van der Waals surface area contributed by atoms with E-state index in [1.165, 1.54) is 13.2 Å². The van der Waals surface area contributed by atoms with Crippen LogP contribution in [0.1, 0.15) is 28.9 Å². The highest BCUT2D eigenvalue weighted by atomic mass is 32.2. The van der Waals surface area contributed by atoms with E-state index in [-0.39, 0.29) is 16.3 Å². The number of methoxy groups -OCH3 is 2. The largest absolute Gasteiger partial charge is 0.495 e. The van der Waals surface area contributed by atoms with E-state index in [2.05, 4.69) is 14.8 Å². The topological polar surface area (TPSA) is 122 Å². The third kappa shape index (κ3) is 4.87. The lowest BCUT2D eigenvalue weighted by molar-refractivity contribution is 0.0135. The zero-order valence-corrected chi connectivity index (χ0v) is 21.9. The average Bonchev–Trinajstić information content (AvgIpc) is 3.47. The first kappa shape index (κ1) is 25.8. The normalized spacial score (nSPS) is 15.3. The molecule has 1 amide bonds. The van der Waals surface area contributed by atoms with Crippen LogP contribution in [0.2, 0.25) is 0 Å². The van der Waals surface area contributed by atoms with Crippen LogP contribution in [-0.4, -0.2) is 63.1 Å². The number of aromatic nitrogens is 3. The van der Waals surface area contributed by atoms with Crippen molar-refractivity contribution in [2.75, 3.05) is 34.0 Å². The van der Waals surface area contributed by atoms with Gasteiger partial charge >= 0.3 is 0 Å². The third-order valence-corrected chi connectivity index (χ3v) is 8.21. The summed E-state index contributed by atoms with van der Waals surface area (Å²) in [5.41, 5.74) is 1.67. The first-order chi connectivity index (χ1) is 18.4. The number of carbonyl (C=O) groups excluding carboxylic acids is 1. The van der Waals surface area contributed by atoms with E-state index < -0.39 is 21.3 Å². The number of nitrogens with one attached hydrogen (secondary N) is 1. The summed E-state index contributed by atoms with van der Waals surface area (Å²) in [6, 6.07) is 15.5. The van der Waals surface area contributed by atoms with Crippen LogP contribution < -0.4 is 9.46 Å². The second-order valence-corrected chi connectivity index (χ2v) is 10.8. The first-order valence-corrected chi connectivity index (χ1v) is 13.6. The molecule has 0 bridgehead atoms. The predicted molar refractivity (Wildman–Crippen MR) is 140 cm³/mol. The number of amides is 1. The fraction of sp³-hybridized carbons (Fsp3) is 0.296. The fourth-order valence-corrected chi connectivity index (χ4v) is 6.03. The summed E-state index contributed by atoms with van der Waals surface area (Å²) in [5, 5.41) is 5.02.